The van der Waals surface area contributed by atoms with Gasteiger partial charge in [-0.1, -0.05) is 0 Å². The van der Waals surface area contributed by atoms with Gasteiger partial charge in [-0.3, -0.25) is 19.6 Å². The van der Waals surface area contributed by atoms with Crippen molar-refractivity contribution in [1.82, 2.24) is 30.0 Å². The number of fused-ring (bicyclic) bond motifs is 2. The molecule has 5 rings (SSSR count). The third kappa shape index (κ3) is 2.19. The van der Waals surface area contributed by atoms with E-state index in [0.717, 1.165) is 37.1 Å². The van der Waals surface area contributed by atoms with Gasteiger partial charge in [0.15, 0.2) is 5.82 Å². The molecule has 8 nitrogen and oxygen atoms in total. The lowest BCUT2D eigenvalue weighted by Gasteiger charge is -2.33. The van der Waals surface area contributed by atoms with E-state index in [4.69, 9.17) is 0 Å². The number of aromatic nitrogens is 4. The number of aromatic amines is 2. The number of nitrogens with zero attached hydrogens (tertiary/aromatic N) is 4. The van der Waals surface area contributed by atoms with E-state index in [-0.39, 0.29) is 17.9 Å². The van der Waals surface area contributed by atoms with Gasteiger partial charge in [0.05, 0.1) is 22.2 Å². The second-order valence-electron chi connectivity index (χ2n) is 6.99. The fraction of sp³-hybridized carbons (Fsp3) is 0.333. The summed E-state index contributed by atoms with van der Waals surface area (Å²) in [5, 5.41) is 6.77. The molecule has 3 aromatic rings. The number of hydrogen-bond donors (Lipinski definition) is 2. The van der Waals surface area contributed by atoms with Crippen LogP contribution in [0.3, 0.4) is 0 Å². The smallest absolute Gasteiger partial charge is 0.261 e. The minimum absolute atomic E-state index is 0.0227. The molecule has 0 bridgehead atoms. The summed E-state index contributed by atoms with van der Waals surface area (Å²) in [5.74, 6) is 0.236. The summed E-state index contributed by atoms with van der Waals surface area (Å²) in [6.45, 7) is 1.79. The average molecular weight is 350 g/mol. The largest absolute Gasteiger partial charge is 0.337 e. The van der Waals surface area contributed by atoms with Gasteiger partial charge in [0.1, 0.15) is 5.69 Å². The third-order valence-electron chi connectivity index (χ3n) is 5.33. The summed E-state index contributed by atoms with van der Waals surface area (Å²) in [5.41, 5.74) is 3.07. The van der Waals surface area contributed by atoms with Crippen molar-refractivity contribution in [3.8, 4) is 11.5 Å². The normalized spacial score (nSPS) is 18.9. The Kier molecular flexibility index (Phi) is 3.23. The lowest BCUT2D eigenvalue weighted by molar-refractivity contribution is 0.0516. The van der Waals surface area contributed by atoms with Crippen molar-refractivity contribution in [2.75, 3.05) is 20.1 Å². The number of imide groups is 1. The maximum Gasteiger partial charge on any atom is 0.261 e. The summed E-state index contributed by atoms with van der Waals surface area (Å²) in [4.78, 5) is 37.2. The molecule has 1 aromatic carbocycles. The lowest BCUT2D eigenvalue weighted by Crippen LogP contribution is -2.46. The number of imidazole rings is 1. The molecule has 0 spiro atoms. The van der Waals surface area contributed by atoms with E-state index in [1.54, 1.807) is 18.3 Å². The topological polar surface area (TPSA) is 98.0 Å². The average Bonchev–Trinajstić information content (AvgIpc) is 3.34. The first-order valence-electron chi connectivity index (χ1n) is 8.72. The molecule has 0 radical (unpaired) electrons. The van der Waals surface area contributed by atoms with E-state index in [2.05, 4.69) is 32.1 Å². The first-order valence-corrected chi connectivity index (χ1v) is 8.72. The lowest BCUT2D eigenvalue weighted by atomic mass is 10.0. The highest BCUT2D eigenvalue weighted by molar-refractivity contribution is 6.23. The quantitative estimate of drug-likeness (QED) is 0.685. The summed E-state index contributed by atoms with van der Waals surface area (Å²) in [6, 6.07) is 5.25. The second-order valence-corrected chi connectivity index (χ2v) is 6.99. The Balaban J connectivity index is 1.52. The predicted octanol–water partition coefficient (Wildman–Crippen LogP) is 1.64. The number of carbonyl (C=O) groups excluding carboxylic acids is 2. The van der Waals surface area contributed by atoms with Gasteiger partial charge in [0, 0.05) is 12.2 Å². The maximum absolute atomic E-state index is 12.9. The molecule has 132 valence electrons. The number of carbonyl (C=O) groups is 2. The van der Waals surface area contributed by atoms with E-state index in [1.165, 1.54) is 4.90 Å². The minimum atomic E-state index is -0.201. The molecule has 0 unspecified atom stereocenters. The second kappa shape index (κ2) is 5.50. The van der Waals surface area contributed by atoms with Crippen LogP contribution in [0, 0.1) is 0 Å². The van der Waals surface area contributed by atoms with Crippen molar-refractivity contribution in [1.29, 1.82) is 0 Å². The first kappa shape index (κ1) is 15.3. The fourth-order valence-electron chi connectivity index (χ4n) is 3.86. The first-order chi connectivity index (χ1) is 12.6. The van der Waals surface area contributed by atoms with Gasteiger partial charge in [0.2, 0.25) is 0 Å². The molecule has 1 fully saturated rings. The number of amides is 2. The number of nitrogens with one attached hydrogen (secondary N) is 2. The molecule has 2 N–H and O–H groups in total. The molecule has 1 saturated heterocycles. The van der Waals surface area contributed by atoms with E-state index < -0.39 is 0 Å². The van der Waals surface area contributed by atoms with Crippen LogP contribution in [0.4, 0.5) is 0 Å². The Bertz CT molecular complexity index is 961. The Morgan fingerprint density at radius 3 is 2.54 bits per heavy atom. The standard InChI is InChI=1S/C18H18N6O2/c1-23-6-3-10(4-7-23)24-17(25)11-8-14-15(9-12(11)18(24)26)21-16(20-14)13-2-5-19-22-13/h2,5,8-10H,3-4,6-7H2,1H3,(H,19,22)(H,20,21). The molecule has 4 heterocycles. The van der Waals surface area contributed by atoms with E-state index in [9.17, 15) is 9.59 Å². The van der Waals surface area contributed by atoms with Gasteiger partial charge in [-0.05, 0) is 51.2 Å². The van der Waals surface area contributed by atoms with Crippen LogP contribution < -0.4 is 0 Å². The van der Waals surface area contributed by atoms with Crippen molar-refractivity contribution in [2.45, 2.75) is 18.9 Å². The molecule has 2 amide bonds. The Hall–Kier alpha value is -3.00. The summed E-state index contributed by atoms with van der Waals surface area (Å²) in [7, 11) is 2.06. The van der Waals surface area contributed by atoms with Gasteiger partial charge in [-0.2, -0.15) is 5.10 Å². The van der Waals surface area contributed by atoms with Crippen LogP contribution in [-0.4, -0.2) is 68.0 Å². The van der Waals surface area contributed by atoms with Crippen LogP contribution in [0.25, 0.3) is 22.6 Å². The SMILES string of the molecule is CN1CCC(N2C(=O)c3cc4nc(-c5ccn[nH]5)[nH]c4cc3C2=O)CC1. The number of rotatable bonds is 2. The fourth-order valence-corrected chi connectivity index (χ4v) is 3.86. The van der Waals surface area contributed by atoms with Crippen molar-refractivity contribution >= 4 is 22.8 Å². The van der Waals surface area contributed by atoms with Crippen LogP contribution in [0.15, 0.2) is 24.4 Å². The zero-order valence-electron chi connectivity index (χ0n) is 14.3. The van der Waals surface area contributed by atoms with Crippen LogP contribution in [0.5, 0.6) is 0 Å². The van der Waals surface area contributed by atoms with Gasteiger partial charge in [-0.15, -0.1) is 0 Å². The molecule has 2 aromatic heterocycles. The zero-order chi connectivity index (χ0) is 17.8. The van der Waals surface area contributed by atoms with E-state index in [0.29, 0.717) is 22.5 Å². The van der Waals surface area contributed by atoms with Gasteiger partial charge in [-0.25, -0.2) is 4.98 Å². The molecular formula is C18H18N6O2. The highest BCUT2D eigenvalue weighted by atomic mass is 16.2. The molecule has 0 saturated carbocycles. The van der Waals surface area contributed by atoms with Crippen molar-refractivity contribution < 1.29 is 9.59 Å². The summed E-state index contributed by atoms with van der Waals surface area (Å²) >= 11 is 0. The molecule has 0 aliphatic carbocycles. The van der Waals surface area contributed by atoms with Crippen molar-refractivity contribution in [3.05, 3.63) is 35.5 Å². The molecule has 26 heavy (non-hydrogen) atoms. The van der Waals surface area contributed by atoms with Gasteiger partial charge >= 0.3 is 0 Å². The predicted molar refractivity (Wildman–Crippen MR) is 94.7 cm³/mol. The van der Waals surface area contributed by atoms with Gasteiger partial charge in [0.25, 0.3) is 11.8 Å². The highest BCUT2D eigenvalue weighted by Crippen LogP contribution is 2.31. The maximum atomic E-state index is 12.9. The minimum Gasteiger partial charge on any atom is -0.337 e. The molecule has 8 heteroatoms. The van der Waals surface area contributed by atoms with E-state index in [1.807, 2.05) is 6.07 Å². The monoisotopic (exact) mass is 350 g/mol. The zero-order valence-corrected chi connectivity index (χ0v) is 14.3. The van der Waals surface area contributed by atoms with Crippen LogP contribution in [0.2, 0.25) is 0 Å². The summed E-state index contributed by atoms with van der Waals surface area (Å²) < 4.78 is 0. The molecule has 0 atom stereocenters. The van der Waals surface area contributed by atoms with Crippen LogP contribution in [0.1, 0.15) is 33.6 Å². The molecular weight excluding hydrogens is 332 g/mol. The molecule has 2 aliphatic heterocycles. The van der Waals surface area contributed by atoms with Crippen LogP contribution >= 0.6 is 0 Å². The van der Waals surface area contributed by atoms with Crippen LogP contribution in [-0.2, 0) is 0 Å². The van der Waals surface area contributed by atoms with Crippen molar-refractivity contribution in [2.24, 2.45) is 0 Å². The Morgan fingerprint density at radius 1 is 1.12 bits per heavy atom. The van der Waals surface area contributed by atoms with E-state index >= 15 is 0 Å². The van der Waals surface area contributed by atoms with Gasteiger partial charge < -0.3 is 9.88 Å². The number of likely N-dealkylation sites (tertiary alicyclic amines) is 1. The third-order valence-corrected chi connectivity index (χ3v) is 5.33. The van der Waals surface area contributed by atoms with Crippen molar-refractivity contribution in [3.63, 3.8) is 0 Å². The number of piperidine rings is 1. The Morgan fingerprint density at radius 2 is 1.85 bits per heavy atom. The number of H-pyrrole nitrogens is 2. The molecule has 2 aliphatic rings. The summed E-state index contributed by atoms with van der Waals surface area (Å²) in [6.07, 6.45) is 3.29. The highest BCUT2D eigenvalue weighted by Gasteiger charge is 2.41. The number of benzene rings is 1. The Labute approximate surface area is 149 Å². The number of hydrogen-bond acceptors (Lipinski definition) is 5.